The van der Waals surface area contributed by atoms with Gasteiger partial charge in [-0.2, -0.15) is 0 Å². The summed E-state index contributed by atoms with van der Waals surface area (Å²) in [6.45, 7) is 9.44. The van der Waals surface area contributed by atoms with Crippen LogP contribution in [0.4, 0.5) is 10.5 Å². The lowest BCUT2D eigenvalue weighted by molar-refractivity contribution is -0.384. The van der Waals surface area contributed by atoms with E-state index in [9.17, 15) is 25.1 Å². The van der Waals surface area contributed by atoms with Crippen LogP contribution in [0.3, 0.4) is 0 Å². The lowest BCUT2D eigenvalue weighted by atomic mass is 9.55. The maximum atomic E-state index is 15.1. The summed E-state index contributed by atoms with van der Waals surface area (Å²) in [6.07, 6.45) is 20.5. The van der Waals surface area contributed by atoms with Crippen LogP contribution in [-0.2, 0) is 27.4 Å². The van der Waals surface area contributed by atoms with E-state index >= 15 is 4.79 Å². The van der Waals surface area contributed by atoms with Crippen molar-refractivity contribution in [2.24, 2.45) is 22.9 Å². The summed E-state index contributed by atoms with van der Waals surface area (Å²) in [6, 6.07) is 18.4. The number of carbonyl (C=O) groups is 2. The number of amides is 2. The number of nitrogens with zero attached hydrogens (tertiary/aromatic N) is 3. The third-order valence-corrected chi connectivity index (χ3v) is 14.9. The van der Waals surface area contributed by atoms with Gasteiger partial charge in [0.1, 0.15) is 29.9 Å². The van der Waals surface area contributed by atoms with Crippen LogP contribution >= 0.6 is 0 Å². The summed E-state index contributed by atoms with van der Waals surface area (Å²) in [5.41, 5.74) is 3.75. The van der Waals surface area contributed by atoms with Crippen LogP contribution < -0.4 is 19.5 Å². The Morgan fingerprint density at radius 3 is 2.27 bits per heavy atom. The highest BCUT2D eigenvalue weighted by Crippen LogP contribution is 2.62. The Balaban J connectivity index is 1.42. The zero-order valence-corrected chi connectivity index (χ0v) is 44.2. The maximum Gasteiger partial charge on any atom is 0.412 e. The molecular formula is C59H82N4O11. The summed E-state index contributed by atoms with van der Waals surface area (Å²) < 4.78 is 26.1. The minimum Gasteiger partial charge on any atom is -0.497 e. The molecule has 3 aromatic rings. The summed E-state index contributed by atoms with van der Waals surface area (Å²) >= 11 is 0. The Morgan fingerprint density at radius 1 is 0.878 bits per heavy atom. The molecule has 15 nitrogen and oxygen atoms in total. The number of rotatable bonds is 33. The molecule has 6 unspecified atom stereocenters. The molecule has 0 aromatic heterocycles. The molecule has 0 spiro atoms. The van der Waals surface area contributed by atoms with E-state index in [0.29, 0.717) is 60.9 Å². The third-order valence-electron chi connectivity index (χ3n) is 14.9. The van der Waals surface area contributed by atoms with E-state index in [1.807, 2.05) is 48.2 Å². The number of methoxy groups -OCH3 is 1. The number of ether oxygens (including phenoxy) is 4. The van der Waals surface area contributed by atoms with Gasteiger partial charge in [-0.15, -0.1) is 6.58 Å². The van der Waals surface area contributed by atoms with Gasteiger partial charge >= 0.3 is 6.09 Å². The van der Waals surface area contributed by atoms with Crippen molar-refractivity contribution >= 4 is 23.4 Å². The molecule has 1 fully saturated rings. The van der Waals surface area contributed by atoms with Crippen LogP contribution in [-0.4, -0.2) is 89.6 Å². The minimum atomic E-state index is -1.48. The molecule has 2 amide bonds. The topological polar surface area (TPSA) is 192 Å². The molecule has 404 valence electrons. The Kier molecular flexibility index (Phi) is 23.3. The highest BCUT2D eigenvalue weighted by Gasteiger charge is 2.65. The number of allylic oxidation sites excluding steroid dienone is 1. The molecule has 2 aliphatic carbocycles. The van der Waals surface area contributed by atoms with Crippen LogP contribution in [0, 0.1) is 27.9 Å². The summed E-state index contributed by atoms with van der Waals surface area (Å²) in [4.78, 5) is 47.6. The van der Waals surface area contributed by atoms with E-state index in [0.717, 1.165) is 61.6 Å². The predicted octanol–water partition coefficient (Wildman–Crippen LogP) is 11.9. The fraction of sp³-hybridized carbons (Fsp3) is 0.576. The lowest BCUT2D eigenvalue weighted by Crippen LogP contribution is -2.70. The summed E-state index contributed by atoms with van der Waals surface area (Å²) in [7, 11) is 1.60. The van der Waals surface area contributed by atoms with Crippen molar-refractivity contribution in [1.29, 1.82) is 0 Å². The van der Waals surface area contributed by atoms with Gasteiger partial charge in [0.05, 0.1) is 36.7 Å². The zero-order valence-electron chi connectivity index (χ0n) is 44.2. The van der Waals surface area contributed by atoms with Gasteiger partial charge in [0.2, 0.25) is 11.7 Å². The number of nitro groups is 1. The summed E-state index contributed by atoms with van der Waals surface area (Å²) in [5.74, 6) is -1.04. The molecular weight excluding hydrogens is 941 g/mol. The molecule has 3 aromatic carbocycles. The fourth-order valence-electron chi connectivity index (χ4n) is 11.3. The Bertz CT molecular complexity index is 2320. The van der Waals surface area contributed by atoms with Gasteiger partial charge in [-0.25, -0.2) is 4.79 Å². The molecule has 1 saturated carbocycles. The van der Waals surface area contributed by atoms with Crippen molar-refractivity contribution in [3.8, 4) is 17.2 Å². The maximum absolute atomic E-state index is 15.1. The molecule has 6 atom stereocenters. The second-order valence-electron chi connectivity index (χ2n) is 20.1. The van der Waals surface area contributed by atoms with Crippen LogP contribution in [0.25, 0.3) is 0 Å². The Hall–Kier alpha value is -5.77. The van der Waals surface area contributed by atoms with Gasteiger partial charge < -0.3 is 44.2 Å². The number of hydrogen-bond acceptors (Lipinski definition) is 12. The molecule has 15 heteroatoms. The number of aliphatic hydroxyl groups is 2. The largest absolute Gasteiger partial charge is 0.497 e. The third kappa shape index (κ3) is 15.4. The van der Waals surface area contributed by atoms with E-state index in [1.165, 1.54) is 57.1 Å². The first kappa shape index (κ1) is 57.5. The van der Waals surface area contributed by atoms with Gasteiger partial charge in [0.15, 0.2) is 0 Å². The van der Waals surface area contributed by atoms with Gasteiger partial charge in [-0.3, -0.25) is 14.9 Å². The summed E-state index contributed by atoms with van der Waals surface area (Å²) in [5, 5.41) is 39.4. The number of fused-ring (bicyclic) bond motifs is 2. The van der Waals surface area contributed by atoms with Gasteiger partial charge in [-0.1, -0.05) is 114 Å². The second kappa shape index (κ2) is 29.9. The number of benzene rings is 3. The molecule has 0 radical (unpaired) electrons. The van der Waals surface area contributed by atoms with E-state index in [1.54, 1.807) is 31.4 Å². The quantitative estimate of drug-likeness (QED) is 0.0228. The van der Waals surface area contributed by atoms with E-state index in [2.05, 4.69) is 24.9 Å². The predicted molar refractivity (Wildman–Crippen MR) is 287 cm³/mol. The minimum absolute atomic E-state index is 0.0219. The molecule has 74 heavy (non-hydrogen) atoms. The molecule has 0 bridgehead atoms. The molecule has 3 aliphatic rings. The van der Waals surface area contributed by atoms with Crippen molar-refractivity contribution < 1.29 is 48.5 Å². The van der Waals surface area contributed by atoms with Crippen molar-refractivity contribution in [3.05, 3.63) is 118 Å². The van der Waals surface area contributed by atoms with Gasteiger partial charge in [0.25, 0.3) is 5.69 Å². The van der Waals surface area contributed by atoms with Crippen molar-refractivity contribution in [2.45, 2.75) is 160 Å². The second-order valence-corrected chi connectivity index (χ2v) is 20.1. The van der Waals surface area contributed by atoms with Gasteiger partial charge in [-0.05, 0) is 110 Å². The first-order valence-corrected chi connectivity index (χ1v) is 27.4. The number of oxime groups is 1. The smallest absolute Gasteiger partial charge is 0.412 e. The number of unbranched alkanes of at least 4 members (excludes halogenated alkanes) is 11. The molecule has 1 aliphatic heterocycles. The normalized spacial score (nSPS) is 21.1. The highest BCUT2D eigenvalue weighted by molar-refractivity contribution is 6.03. The number of carbonyl (C=O) groups excluding carboxylic acids is 2. The molecule has 1 heterocycles. The van der Waals surface area contributed by atoms with Crippen LogP contribution in [0.5, 0.6) is 17.2 Å². The standard InChI is InChI=1S/C59H82N4O11/c1-5-8-9-10-11-12-13-14-15-18-32-60-58(67)73-48-30-31-53-51(40-48)56-49(25-17-20-35-65)45(23-16-19-34-64)39-50-52(61-72-42-43-26-28-46(29-27-43)63(68)69)41-54(59(74-53,57(50)56)71-36-7-3)62(33-6-2)55(66)38-44-22-21-24-47(37-44)70-4/h7,21-22,24,26-31,37,39-40,45,49,54,56-57,64-65H,3,5-6,8-20,23,25,32-36,38,41-42H2,1-2,4H3,(H,60,67). The van der Waals surface area contributed by atoms with E-state index in [-0.39, 0.29) is 68.6 Å². The van der Waals surface area contributed by atoms with E-state index < -0.39 is 28.8 Å². The Labute approximate surface area is 438 Å². The Morgan fingerprint density at radius 2 is 1.59 bits per heavy atom. The SMILES string of the molecule is C=CCOC12Oc3ccc(OC(=O)NCCCCCCCCCCCC)cc3C3C(CCCCO)C(CCCCO)C=C(C(=NOCc4ccc([N+](=O)[O-])cc4)CC1N(CCC)C(=O)Cc1cccc(OC)c1)C32. The fourth-order valence-corrected chi connectivity index (χ4v) is 11.3. The average Bonchev–Trinajstić information content (AvgIpc) is 3.41. The van der Waals surface area contributed by atoms with Crippen molar-refractivity contribution in [3.63, 3.8) is 0 Å². The molecule has 6 rings (SSSR count). The number of nitrogens with one attached hydrogen (secondary N) is 1. The molecule has 3 N–H and O–H groups in total. The number of nitro benzene ring substituents is 1. The van der Waals surface area contributed by atoms with Crippen LogP contribution in [0.1, 0.15) is 152 Å². The zero-order chi connectivity index (χ0) is 52.7. The first-order chi connectivity index (χ1) is 36.1. The van der Waals surface area contributed by atoms with E-state index in [4.69, 9.17) is 28.9 Å². The average molecular weight is 1020 g/mol. The number of aliphatic hydroxyl groups excluding tert-OH is 2. The van der Waals surface area contributed by atoms with Crippen LogP contribution in [0.2, 0.25) is 0 Å². The first-order valence-electron chi connectivity index (χ1n) is 27.4. The number of hydrogen-bond donors (Lipinski definition) is 3. The van der Waals surface area contributed by atoms with Crippen molar-refractivity contribution in [2.75, 3.05) is 40.0 Å². The molecule has 0 saturated heterocycles. The van der Waals surface area contributed by atoms with Crippen LogP contribution in [0.15, 0.2) is 96.2 Å². The van der Waals surface area contributed by atoms with Gasteiger partial charge in [0, 0.05) is 56.3 Å². The monoisotopic (exact) mass is 1020 g/mol. The lowest BCUT2D eigenvalue weighted by Gasteiger charge is -2.60. The highest BCUT2D eigenvalue weighted by atomic mass is 16.7. The number of non-ortho nitro benzene ring substituents is 1. The van der Waals surface area contributed by atoms with Crippen molar-refractivity contribution in [1.82, 2.24) is 10.2 Å².